The van der Waals surface area contributed by atoms with E-state index in [1.165, 1.54) is 4.57 Å². The third kappa shape index (κ3) is 4.93. The Balaban J connectivity index is 1.27. The van der Waals surface area contributed by atoms with E-state index in [0.29, 0.717) is 24.0 Å². The van der Waals surface area contributed by atoms with Crippen LogP contribution in [0.15, 0.2) is 58.1 Å². The molecule has 1 aromatic heterocycles. The highest BCUT2D eigenvalue weighted by Crippen LogP contribution is 2.29. The molecular weight excluding hydrogens is 406 g/mol. The minimum absolute atomic E-state index is 0.00581. The second-order valence-corrected chi connectivity index (χ2v) is 8.50. The van der Waals surface area contributed by atoms with Gasteiger partial charge in [0.15, 0.2) is 0 Å². The van der Waals surface area contributed by atoms with Crippen LogP contribution in [0.2, 0.25) is 0 Å². The molecule has 0 radical (unpaired) electrons. The van der Waals surface area contributed by atoms with Crippen molar-refractivity contribution < 1.29 is 9.53 Å². The number of hydrogen-bond acceptors (Lipinski definition) is 4. The highest BCUT2D eigenvalue weighted by molar-refractivity contribution is 5.78. The number of methoxy groups -OCH3 is 1. The van der Waals surface area contributed by atoms with Gasteiger partial charge in [-0.15, -0.1) is 0 Å². The molecular formula is C25H29N3O4. The smallest absolute Gasteiger partial charge is 0.328 e. The van der Waals surface area contributed by atoms with Gasteiger partial charge in [0.25, 0.3) is 5.56 Å². The molecule has 1 saturated carbocycles. The van der Waals surface area contributed by atoms with Crippen molar-refractivity contribution in [3.8, 4) is 5.75 Å². The first-order valence-corrected chi connectivity index (χ1v) is 11.2. The van der Waals surface area contributed by atoms with Crippen molar-refractivity contribution in [2.75, 3.05) is 13.7 Å². The second kappa shape index (κ2) is 9.85. The third-order valence-electron chi connectivity index (χ3n) is 6.42. The highest BCUT2D eigenvalue weighted by Gasteiger charge is 2.27. The van der Waals surface area contributed by atoms with Gasteiger partial charge in [-0.3, -0.25) is 14.2 Å². The fourth-order valence-electron chi connectivity index (χ4n) is 4.50. The molecule has 32 heavy (non-hydrogen) atoms. The van der Waals surface area contributed by atoms with E-state index in [-0.39, 0.29) is 29.0 Å². The number of H-pyrrole nitrogens is 1. The standard InChI is InChI=1S/C25H29N3O4/c1-32-20-12-8-17(9-13-20)14-15-26-23(29)19-10-6-18(7-11-19)16-28-24(30)21-4-2-3-5-22(21)27-25(28)31/h2-5,8-9,12-13,18-19H,6-7,10-11,14-16H2,1H3,(H,26,29)(H,27,31). The first kappa shape index (κ1) is 21.9. The number of nitrogens with one attached hydrogen (secondary N) is 2. The van der Waals surface area contributed by atoms with Crippen LogP contribution in [0.3, 0.4) is 0 Å². The van der Waals surface area contributed by atoms with Crippen molar-refractivity contribution >= 4 is 16.8 Å². The van der Waals surface area contributed by atoms with Crippen molar-refractivity contribution in [2.45, 2.75) is 38.6 Å². The Labute approximate surface area is 186 Å². The zero-order valence-electron chi connectivity index (χ0n) is 18.3. The van der Waals surface area contributed by atoms with Crippen molar-refractivity contribution in [3.05, 3.63) is 74.9 Å². The van der Waals surface area contributed by atoms with E-state index in [2.05, 4.69) is 10.3 Å². The van der Waals surface area contributed by atoms with E-state index in [4.69, 9.17) is 4.74 Å². The summed E-state index contributed by atoms with van der Waals surface area (Å²) in [5.74, 6) is 1.13. The predicted octanol–water partition coefficient (Wildman–Crippen LogP) is 2.86. The van der Waals surface area contributed by atoms with Crippen LogP contribution in [0.25, 0.3) is 10.9 Å². The van der Waals surface area contributed by atoms with E-state index in [0.717, 1.165) is 43.4 Å². The average molecular weight is 436 g/mol. The van der Waals surface area contributed by atoms with E-state index < -0.39 is 0 Å². The molecule has 0 spiro atoms. The molecule has 1 fully saturated rings. The van der Waals surface area contributed by atoms with Crippen molar-refractivity contribution in [2.24, 2.45) is 11.8 Å². The first-order valence-electron chi connectivity index (χ1n) is 11.2. The summed E-state index contributed by atoms with van der Waals surface area (Å²) >= 11 is 0. The molecule has 2 N–H and O–H groups in total. The SMILES string of the molecule is COc1ccc(CCNC(=O)C2CCC(Cn3c(=O)[nH]c4ccccc4c3=O)CC2)cc1. The van der Waals surface area contributed by atoms with Gasteiger partial charge in [0.2, 0.25) is 5.91 Å². The molecule has 1 amide bonds. The third-order valence-corrected chi connectivity index (χ3v) is 6.42. The zero-order chi connectivity index (χ0) is 22.5. The van der Waals surface area contributed by atoms with Crippen LogP contribution in [-0.4, -0.2) is 29.1 Å². The number of fused-ring (bicyclic) bond motifs is 1. The molecule has 7 nitrogen and oxygen atoms in total. The van der Waals surface area contributed by atoms with Gasteiger partial charge in [0, 0.05) is 19.0 Å². The number of aromatic nitrogens is 2. The minimum Gasteiger partial charge on any atom is -0.497 e. The van der Waals surface area contributed by atoms with Crippen molar-refractivity contribution in [3.63, 3.8) is 0 Å². The maximum atomic E-state index is 12.7. The Bertz CT molecular complexity index is 1190. The molecule has 0 unspecified atom stereocenters. The summed E-state index contributed by atoms with van der Waals surface area (Å²) in [4.78, 5) is 40.5. The van der Waals surface area contributed by atoms with Crippen LogP contribution in [0, 0.1) is 11.8 Å². The number of carbonyl (C=O) groups excluding carboxylic acids is 1. The Kier molecular flexibility index (Phi) is 6.73. The van der Waals surface area contributed by atoms with Gasteiger partial charge in [-0.05, 0) is 67.9 Å². The Morgan fingerprint density at radius 3 is 2.50 bits per heavy atom. The monoisotopic (exact) mass is 435 g/mol. The van der Waals surface area contributed by atoms with Crippen LogP contribution in [0.1, 0.15) is 31.2 Å². The maximum Gasteiger partial charge on any atom is 0.328 e. The van der Waals surface area contributed by atoms with Crippen LogP contribution >= 0.6 is 0 Å². The fourth-order valence-corrected chi connectivity index (χ4v) is 4.50. The van der Waals surface area contributed by atoms with Gasteiger partial charge in [-0.25, -0.2) is 4.79 Å². The molecule has 168 valence electrons. The number of para-hydroxylation sites is 1. The van der Waals surface area contributed by atoms with Crippen LogP contribution in [-0.2, 0) is 17.8 Å². The van der Waals surface area contributed by atoms with Crippen molar-refractivity contribution in [1.82, 2.24) is 14.9 Å². The molecule has 1 heterocycles. The largest absolute Gasteiger partial charge is 0.497 e. The second-order valence-electron chi connectivity index (χ2n) is 8.50. The van der Waals surface area contributed by atoms with Gasteiger partial charge in [-0.1, -0.05) is 24.3 Å². The van der Waals surface area contributed by atoms with Gasteiger partial charge in [0.1, 0.15) is 5.75 Å². The van der Waals surface area contributed by atoms with Gasteiger partial charge in [0.05, 0.1) is 18.0 Å². The Hall–Kier alpha value is -3.35. The predicted molar refractivity (Wildman–Crippen MR) is 124 cm³/mol. The lowest BCUT2D eigenvalue weighted by atomic mass is 9.81. The molecule has 4 rings (SSSR count). The zero-order valence-corrected chi connectivity index (χ0v) is 18.3. The number of hydrogen-bond donors (Lipinski definition) is 2. The summed E-state index contributed by atoms with van der Waals surface area (Å²) in [6.45, 7) is 0.998. The molecule has 0 bridgehead atoms. The van der Waals surface area contributed by atoms with Gasteiger partial charge >= 0.3 is 5.69 Å². The molecule has 0 atom stereocenters. The number of ether oxygens (including phenoxy) is 1. The number of carbonyl (C=O) groups is 1. The van der Waals surface area contributed by atoms with Gasteiger partial charge in [-0.2, -0.15) is 0 Å². The van der Waals surface area contributed by atoms with E-state index >= 15 is 0 Å². The lowest BCUT2D eigenvalue weighted by Gasteiger charge is -2.28. The summed E-state index contributed by atoms with van der Waals surface area (Å²) in [5, 5.41) is 3.58. The minimum atomic E-state index is -0.368. The van der Waals surface area contributed by atoms with Crippen molar-refractivity contribution in [1.29, 1.82) is 0 Å². The molecule has 1 aliphatic rings. The quantitative estimate of drug-likeness (QED) is 0.597. The number of rotatable bonds is 7. The number of aromatic amines is 1. The Morgan fingerprint density at radius 1 is 1.06 bits per heavy atom. The molecule has 0 saturated heterocycles. The summed E-state index contributed by atoms with van der Waals surface area (Å²) < 4.78 is 6.47. The molecule has 3 aromatic rings. The number of benzene rings is 2. The lowest BCUT2D eigenvalue weighted by Crippen LogP contribution is -2.39. The summed E-state index contributed by atoms with van der Waals surface area (Å²) in [6.07, 6.45) is 3.99. The molecule has 2 aromatic carbocycles. The van der Waals surface area contributed by atoms with E-state index in [1.54, 1.807) is 31.4 Å². The van der Waals surface area contributed by atoms with E-state index in [9.17, 15) is 14.4 Å². The van der Waals surface area contributed by atoms with E-state index in [1.807, 2.05) is 24.3 Å². The van der Waals surface area contributed by atoms with Crippen LogP contribution in [0.4, 0.5) is 0 Å². The lowest BCUT2D eigenvalue weighted by molar-refractivity contribution is -0.126. The van der Waals surface area contributed by atoms with Crippen LogP contribution in [0.5, 0.6) is 5.75 Å². The summed E-state index contributed by atoms with van der Waals surface area (Å²) in [7, 11) is 1.64. The first-order chi connectivity index (χ1) is 15.5. The van der Waals surface area contributed by atoms with Crippen LogP contribution < -0.4 is 21.3 Å². The molecule has 0 aliphatic heterocycles. The summed E-state index contributed by atoms with van der Waals surface area (Å²) in [6, 6.07) is 14.9. The average Bonchev–Trinajstić information content (AvgIpc) is 2.82. The molecule has 7 heteroatoms. The van der Waals surface area contributed by atoms with Gasteiger partial charge < -0.3 is 15.0 Å². The molecule has 1 aliphatic carbocycles. The normalized spacial score (nSPS) is 18.4. The number of amides is 1. The Morgan fingerprint density at radius 2 is 1.78 bits per heavy atom. The number of nitrogens with zero attached hydrogens (tertiary/aromatic N) is 1. The maximum absolute atomic E-state index is 12.7. The fraction of sp³-hybridized carbons (Fsp3) is 0.400. The summed E-state index contributed by atoms with van der Waals surface area (Å²) in [5.41, 5.74) is 1.10. The highest BCUT2D eigenvalue weighted by atomic mass is 16.5. The topological polar surface area (TPSA) is 93.2 Å².